The van der Waals surface area contributed by atoms with E-state index in [1.807, 2.05) is 24.3 Å². The van der Waals surface area contributed by atoms with E-state index >= 15 is 0 Å². The molecule has 2 heterocycles. The molecule has 1 amide bonds. The molecule has 0 aromatic heterocycles. The number of rotatable bonds is 4. The van der Waals surface area contributed by atoms with Crippen molar-refractivity contribution >= 4 is 27.9 Å². The van der Waals surface area contributed by atoms with Crippen molar-refractivity contribution in [1.29, 1.82) is 0 Å². The lowest BCUT2D eigenvalue weighted by atomic mass is 10.1. The Morgan fingerprint density at radius 3 is 2.52 bits per heavy atom. The maximum atomic E-state index is 13.3. The van der Waals surface area contributed by atoms with Crippen LogP contribution in [-0.4, -0.2) is 54.7 Å². The van der Waals surface area contributed by atoms with Crippen LogP contribution < -0.4 is 9.47 Å². The van der Waals surface area contributed by atoms with Gasteiger partial charge in [0.2, 0.25) is 0 Å². The van der Waals surface area contributed by atoms with Crippen molar-refractivity contribution in [3.8, 4) is 11.5 Å². The van der Waals surface area contributed by atoms with Crippen LogP contribution in [0.1, 0.15) is 15.9 Å². The molecule has 0 spiro atoms. The van der Waals surface area contributed by atoms with Crippen LogP contribution in [0.3, 0.4) is 0 Å². The van der Waals surface area contributed by atoms with Crippen molar-refractivity contribution < 1.29 is 23.0 Å². The highest BCUT2D eigenvalue weighted by molar-refractivity contribution is 9.10. The van der Waals surface area contributed by atoms with Crippen LogP contribution >= 0.6 is 15.9 Å². The molecule has 1 saturated heterocycles. The highest BCUT2D eigenvalue weighted by Crippen LogP contribution is 2.43. The van der Waals surface area contributed by atoms with E-state index < -0.39 is 6.29 Å². The largest absolute Gasteiger partial charge is 0.586 e. The van der Waals surface area contributed by atoms with E-state index in [9.17, 15) is 13.6 Å². The van der Waals surface area contributed by atoms with Gasteiger partial charge >= 0.3 is 6.29 Å². The summed E-state index contributed by atoms with van der Waals surface area (Å²) >= 11 is 3.42. The average molecular weight is 465 g/mol. The van der Waals surface area contributed by atoms with Gasteiger partial charge in [-0.1, -0.05) is 46.3 Å². The zero-order valence-electron chi connectivity index (χ0n) is 15.5. The molecule has 2 aliphatic rings. The van der Waals surface area contributed by atoms with Crippen LogP contribution in [0.5, 0.6) is 11.5 Å². The summed E-state index contributed by atoms with van der Waals surface area (Å²) in [7, 11) is 0. The third kappa shape index (κ3) is 4.59. The van der Waals surface area contributed by atoms with Gasteiger partial charge in [-0.2, -0.15) is 0 Å². The number of hydrogen-bond acceptors (Lipinski definition) is 4. The van der Waals surface area contributed by atoms with Gasteiger partial charge in [-0.15, -0.1) is 8.78 Å². The molecular weight excluding hydrogens is 446 g/mol. The van der Waals surface area contributed by atoms with Crippen molar-refractivity contribution in [3.05, 3.63) is 64.1 Å². The lowest BCUT2D eigenvalue weighted by molar-refractivity contribution is -0.286. The molecule has 4 rings (SSSR count). The zero-order valence-corrected chi connectivity index (χ0v) is 17.1. The molecule has 2 aromatic rings. The first kappa shape index (κ1) is 19.8. The Morgan fingerprint density at radius 2 is 1.79 bits per heavy atom. The Labute approximate surface area is 175 Å². The number of benzene rings is 2. The number of para-hydroxylation sites is 1. The van der Waals surface area contributed by atoms with Crippen LogP contribution in [0.25, 0.3) is 6.08 Å². The molecule has 0 unspecified atom stereocenters. The number of carbonyl (C=O) groups excluding carboxylic acids is 1. The summed E-state index contributed by atoms with van der Waals surface area (Å²) in [5.41, 5.74) is 1.22. The van der Waals surface area contributed by atoms with Gasteiger partial charge in [0.15, 0.2) is 11.5 Å². The van der Waals surface area contributed by atoms with Gasteiger partial charge < -0.3 is 14.4 Å². The molecule has 0 aliphatic carbocycles. The molecule has 5 nitrogen and oxygen atoms in total. The summed E-state index contributed by atoms with van der Waals surface area (Å²) in [6, 6.07) is 12.4. The van der Waals surface area contributed by atoms with Crippen molar-refractivity contribution in [2.24, 2.45) is 0 Å². The van der Waals surface area contributed by atoms with E-state index in [1.165, 1.54) is 18.2 Å². The molecule has 2 aromatic carbocycles. The van der Waals surface area contributed by atoms with Crippen molar-refractivity contribution in [2.75, 3.05) is 32.7 Å². The van der Waals surface area contributed by atoms with Crippen LogP contribution in [0.4, 0.5) is 8.78 Å². The standard InChI is InChI=1S/C21H19BrF2N2O3/c22-16-8-6-15(7-9-16)3-2-10-25-11-13-26(14-12-25)20(27)17-4-1-5-18-19(17)29-21(23,24)28-18/h1-9H,10-14H2/b3-2+. The molecule has 0 atom stereocenters. The third-order valence-corrected chi connectivity index (χ3v) is 5.39. The summed E-state index contributed by atoms with van der Waals surface area (Å²) in [6.07, 6.45) is 0.422. The van der Waals surface area contributed by atoms with Gasteiger partial charge in [0.05, 0.1) is 5.56 Å². The second-order valence-corrected chi connectivity index (χ2v) is 7.76. The van der Waals surface area contributed by atoms with E-state index in [1.54, 1.807) is 4.90 Å². The molecule has 2 aliphatic heterocycles. The third-order valence-electron chi connectivity index (χ3n) is 4.86. The molecule has 0 radical (unpaired) electrons. The lowest BCUT2D eigenvalue weighted by Crippen LogP contribution is -2.48. The van der Waals surface area contributed by atoms with E-state index in [-0.39, 0.29) is 23.0 Å². The van der Waals surface area contributed by atoms with Crippen LogP contribution in [-0.2, 0) is 0 Å². The Kier molecular flexibility index (Phi) is 5.56. The van der Waals surface area contributed by atoms with Crippen LogP contribution in [0, 0.1) is 0 Å². The highest BCUT2D eigenvalue weighted by Gasteiger charge is 2.45. The molecule has 0 N–H and O–H groups in total. The van der Waals surface area contributed by atoms with Crippen molar-refractivity contribution in [2.45, 2.75) is 6.29 Å². The minimum Gasteiger partial charge on any atom is -0.395 e. The van der Waals surface area contributed by atoms with Gasteiger partial charge in [0.25, 0.3) is 5.91 Å². The number of nitrogens with zero attached hydrogens (tertiary/aromatic N) is 2. The topological polar surface area (TPSA) is 42.0 Å². The Bertz CT molecular complexity index is 926. The SMILES string of the molecule is O=C(c1cccc2c1OC(F)(F)O2)N1CCN(C/C=C/c2ccc(Br)cc2)CC1. The number of halogens is 3. The fourth-order valence-electron chi connectivity index (χ4n) is 3.35. The van der Waals surface area contributed by atoms with E-state index in [0.717, 1.165) is 16.6 Å². The maximum absolute atomic E-state index is 13.3. The fourth-order valence-corrected chi connectivity index (χ4v) is 3.62. The number of piperazine rings is 1. The molecular formula is C21H19BrF2N2O3. The Hall–Kier alpha value is -2.45. The summed E-state index contributed by atoms with van der Waals surface area (Å²) in [5, 5.41) is 0. The molecule has 1 fully saturated rings. The van der Waals surface area contributed by atoms with Crippen LogP contribution in [0.2, 0.25) is 0 Å². The summed E-state index contributed by atoms with van der Waals surface area (Å²) in [5.74, 6) is -0.631. The molecule has 152 valence electrons. The minimum atomic E-state index is -3.74. The van der Waals surface area contributed by atoms with Crippen molar-refractivity contribution in [1.82, 2.24) is 9.80 Å². The van der Waals surface area contributed by atoms with Crippen LogP contribution in [0.15, 0.2) is 53.0 Å². The van der Waals surface area contributed by atoms with Gasteiger partial charge in [0, 0.05) is 37.2 Å². The molecule has 8 heteroatoms. The maximum Gasteiger partial charge on any atom is 0.586 e. The van der Waals surface area contributed by atoms with Crippen molar-refractivity contribution in [3.63, 3.8) is 0 Å². The molecule has 0 saturated carbocycles. The van der Waals surface area contributed by atoms with Gasteiger partial charge in [-0.3, -0.25) is 9.69 Å². The average Bonchev–Trinajstić information content (AvgIpc) is 3.03. The smallest absolute Gasteiger partial charge is 0.395 e. The number of ether oxygens (including phenoxy) is 2. The van der Waals surface area contributed by atoms with E-state index in [2.05, 4.69) is 42.5 Å². The lowest BCUT2D eigenvalue weighted by Gasteiger charge is -2.34. The van der Waals surface area contributed by atoms with Gasteiger partial charge in [-0.05, 0) is 29.8 Å². The second kappa shape index (κ2) is 8.12. The summed E-state index contributed by atoms with van der Waals surface area (Å²) in [4.78, 5) is 16.7. The number of alkyl halides is 2. The number of hydrogen-bond donors (Lipinski definition) is 0. The first-order valence-electron chi connectivity index (χ1n) is 9.24. The quantitative estimate of drug-likeness (QED) is 0.678. The highest BCUT2D eigenvalue weighted by atomic mass is 79.9. The normalized spacial score (nSPS) is 18.4. The first-order chi connectivity index (χ1) is 13.9. The zero-order chi connectivity index (χ0) is 20.4. The number of amides is 1. The predicted molar refractivity (Wildman–Crippen MR) is 108 cm³/mol. The second-order valence-electron chi connectivity index (χ2n) is 6.85. The van der Waals surface area contributed by atoms with Gasteiger partial charge in [-0.25, -0.2) is 0 Å². The molecule has 0 bridgehead atoms. The van der Waals surface area contributed by atoms with Gasteiger partial charge in [0.1, 0.15) is 0 Å². The van der Waals surface area contributed by atoms with E-state index in [0.29, 0.717) is 26.2 Å². The molecule has 29 heavy (non-hydrogen) atoms. The summed E-state index contributed by atoms with van der Waals surface area (Å²) < 4.78 is 36.7. The Balaban J connectivity index is 1.33. The summed E-state index contributed by atoms with van der Waals surface area (Å²) in [6.45, 7) is 3.23. The fraction of sp³-hybridized carbons (Fsp3) is 0.286. The predicted octanol–water partition coefficient (Wildman–Crippen LogP) is 4.24. The number of fused-ring (bicyclic) bond motifs is 1. The van der Waals surface area contributed by atoms with E-state index in [4.69, 9.17) is 0 Å². The monoisotopic (exact) mass is 464 g/mol. The number of carbonyl (C=O) groups is 1. The first-order valence-corrected chi connectivity index (χ1v) is 10.0. The Morgan fingerprint density at radius 1 is 1.07 bits per heavy atom. The minimum absolute atomic E-state index is 0.100.